The first-order valence-electron chi connectivity index (χ1n) is 7.93. The monoisotopic (exact) mass is 298 g/mol. The summed E-state index contributed by atoms with van der Waals surface area (Å²) in [6, 6.07) is 0. The van der Waals surface area contributed by atoms with Crippen LogP contribution in [0, 0.1) is 17.3 Å². The molecule has 0 aliphatic heterocycles. The summed E-state index contributed by atoms with van der Waals surface area (Å²) in [5.41, 5.74) is 0.274. The van der Waals surface area contributed by atoms with Gasteiger partial charge in [-0.25, -0.2) is 0 Å². The highest BCUT2D eigenvalue weighted by Gasteiger charge is 2.30. The molecule has 0 unspecified atom stereocenters. The number of carbonyl (C=O) groups is 1. The van der Waals surface area contributed by atoms with Crippen LogP contribution in [0.1, 0.15) is 68.2 Å². The lowest BCUT2D eigenvalue weighted by atomic mass is 9.76. The maximum atomic E-state index is 12.1. The molecule has 0 saturated heterocycles. The minimum Gasteiger partial charge on any atom is -0.457 e. The number of aliphatic hydroxyl groups excluding tert-OH is 1. The Morgan fingerprint density at radius 3 is 2.05 bits per heavy atom. The molecule has 0 rings (SSSR count). The molecule has 0 bridgehead atoms. The SMILES string of the molecule is CC(C)C=C(CC(C)C)C(C)(C)CC(=O)OC(C)(C)CO. The van der Waals surface area contributed by atoms with Gasteiger partial charge in [-0.2, -0.15) is 0 Å². The van der Waals surface area contributed by atoms with Crippen LogP contribution in [0.3, 0.4) is 0 Å². The second-order valence-corrected chi connectivity index (χ2v) is 7.99. The van der Waals surface area contributed by atoms with Crippen molar-refractivity contribution in [3.63, 3.8) is 0 Å². The number of ether oxygens (including phenoxy) is 1. The van der Waals surface area contributed by atoms with Gasteiger partial charge in [0.05, 0.1) is 13.0 Å². The Kier molecular flexibility index (Phi) is 7.66. The molecule has 0 aromatic heterocycles. The average molecular weight is 298 g/mol. The normalized spacial score (nSPS) is 14.0. The quantitative estimate of drug-likeness (QED) is 0.535. The van der Waals surface area contributed by atoms with Gasteiger partial charge in [0.1, 0.15) is 5.60 Å². The third-order valence-corrected chi connectivity index (χ3v) is 3.39. The lowest BCUT2D eigenvalue weighted by Gasteiger charge is -2.31. The smallest absolute Gasteiger partial charge is 0.307 e. The van der Waals surface area contributed by atoms with Gasteiger partial charge in [0.15, 0.2) is 0 Å². The third kappa shape index (κ3) is 8.25. The summed E-state index contributed by atoms with van der Waals surface area (Å²) in [6.45, 7) is 16.2. The minimum atomic E-state index is -0.812. The molecule has 1 N–H and O–H groups in total. The fourth-order valence-corrected chi connectivity index (χ4v) is 2.26. The van der Waals surface area contributed by atoms with Crippen molar-refractivity contribution in [1.82, 2.24) is 0 Å². The van der Waals surface area contributed by atoms with E-state index in [0.29, 0.717) is 18.3 Å². The Hall–Kier alpha value is -0.830. The summed E-state index contributed by atoms with van der Waals surface area (Å²) >= 11 is 0. The second kappa shape index (κ2) is 7.98. The molecule has 21 heavy (non-hydrogen) atoms. The van der Waals surface area contributed by atoms with Gasteiger partial charge < -0.3 is 9.84 Å². The molecule has 0 fully saturated rings. The molecule has 0 saturated carbocycles. The number of hydrogen-bond donors (Lipinski definition) is 1. The summed E-state index contributed by atoms with van der Waals surface area (Å²) < 4.78 is 5.37. The molecule has 0 radical (unpaired) electrons. The molecule has 0 aromatic rings. The van der Waals surface area contributed by atoms with Crippen LogP contribution in [-0.4, -0.2) is 23.3 Å². The van der Waals surface area contributed by atoms with Crippen molar-refractivity contribution in [3.8, 4) is 0 Å². The van der Waals surface area contributed by atoms with Crippen LogP contribution in [0.4, 0.5) is 0 Å². The van der Waals surface area contributed by atoms with E-state index in [4.69, 9.17) is 4.74 Å². The zero-order chi connectivity index (χ0) is 16.8. The Balaban J connectivity index is 5.02. The number of allylic oxidation sites excluding steroid dienone is 2. The number of aliphatic hydroxyl groups is 1. The van der Waals surface area contributed by atoms with E-state index >= 15 is 0 Å². The highest BCUT2D eigenvalue weighted by molar-refractivity contribution is 5.71. The number of esters is 1. The standard InChI is InChI=1S/C18H34O3/c1-13(2)9-15(10-14(3)4)17(5,6)11-16(20)21-18(7,8)12-19/h9,13-14,19H,10-12H2,1-8H3. The predicted molar refractivity (Wildman–Crippen MR) is 88.0 cm³/mol. The first kappa shape index (κ1) is 20.2. The van der Waals surface area contributed by atoms with Crippen molar-refractivity contribution >= 4 is 5.97 Å². The fraction of sp³-hybridized carbons (Fsp3) is 0.833. The third-order valence-electron chi connectivity index (χ3n) is 3.39. The molecule has 0 aliphatic rings. The van der Waals surface area contributed by atoms with Gasteiger partial charge in [0.25, 0.3) is 0 Å². The van der Waals surface area contributed by atoms with E-state index in [1.807, 2.05) is 0 Å². The fourth-order valence-electron chi connectivity index (χ4n) is 2.26. The van der Waals surface area contributed by atoms with Gasteiger partial charge in [-0.15, -0.1) is 0 Å². The Labute approximate surface area is 130 Å². The van der Waals surface area contributed by atoms with Crippen molar-refractivity contribution in [3.05, 3.63) is 11.6 Å². The largest absolute Gasteiger partial charge is 0.457 e. The van der Waals surface area contributed by atoms with Gasteiger partial charge in [0, 0.05) is 0 Å². The van der Waals surface area contributed by atoms with E-state index in [-0.39, 0.29) is 18.0 Å². The number of carbonyl (C=O) groups excluding carboxylic acids is 1. The van der Waals surface area contributed by atoms with E-state index < -0.39 is 5.60 Å². The summed E-state index contributed by atoms with van der Waals surface area (Å²) in [5.74, 6) is 0.763. The van der Waals surface area contributed by atoms with Crippen LogP contribution < -0.4 is 0 Å². The van der Waals surface area contributed by atoms with Gasteiger partial charge in [-0.3, -0.25) is 4.79 Å². The van der Waals surface area contributed by atoms with Crippen LogP contribution in [0.5, 0.6) is 0 Å². The van der Waals surface area contributed by atoms with Gasteiger partial charge in [-0.05, 0) is 37.5 Å². The molecule has 0 amide bonds. The lowest BCUT2D eigenvalue weighted by Crippen LogP contribution is -2.34. The van der Waals surface area contributed by atoms with Gasteiger partial charge in [0.2, 0.25) is 0 Å². The molecular formula is C18H34O3. The highest BCUT2D eigenvalue weighted by atomic mass is 16.6. The zero-order valence-corrected chi connectivity index (χ0v) is 15.1. The lowest BCUT2D eigenvalue weighted by molar-refractivity contribution is -0.161. The predicted octanol–water partition coefficient (Wildman–Crippen LogP) is 4.35. The van der Waals surface area contributed by atoms with E-state index in [0.717, 1.165) is 6.42 Å². The Morgan fingerprint density at radius 2 is 1.67 bits per heavy atom. The first-order valence-corrected chi connectivity index (χ1v) is 7.93. The Bertz CT molecular complexity index is 363. The summed E-state index contributed by atoms with van der Waals surface area (Å²) in [5, 5.41) is 9.20. The summed E-state index contributed by atoms with van der Waals surface area (Å²) in [7, 11) is 0. The van der Waals surface area contributed by atoms with E-state index in [9.17, 15) is 9.90 Å². The molecule has 0 aromatic carbocycles. The number of hydrogen-bond acceptors (Lipinski definition) is 3. The maximum Gasteiger partial charge on any atom is 0.307 e. The summed E-state index contributed by atoms with van der Waals surface area (Å²) in [6.07, 6.45) is 3.59. The van der Waals surface area contributed by atoms with E-state index in [2.05, 4.69) is 47.6 Å². The van der Waals surface area contributed by atoms with Crippen LogP contribution in [0.15, 0.2) is 11.6 Å². The van der Waals surface area contributed by atoms with Gasteiger partial charge >= 0.3 is 5.97 Å². The van der Waals surface area contributed by atoms with Gasteiger partial charge in [-0.1, -0.05) is 53.2 Å². The molecule has 0 spiro atoms. The van der Waals surface area contributed by atoms with E-state index in [1.54, 1.807) is 13.8 Å². The van der Waals surface area contributed by atoms with Crippen LogP contribution in [-0.2, 0) is 9.53 Å². The van der Waals surface area contributed by atoms with Crippen molar-refractivity contribution in [2.24, 2.45) is 17.3 Å². The van der Waals surface area contributed by atoms with Crippen LogP contribution >= 0.6 is 0 Å². The topological polar surface area (TPSA) is 46.5 Å². The Morgan fingerprint density at radius 1 is 1.14 bits per heavy atom. The van der Waals surface area contributed by atoms with Crippen LogP contribution in [0.25, 0.3) is 0 Å². The summed E-state index contributed by atoms with van der Waals surface area (Å²) in [4.78, 5) is 12.1. The molecule has 0 heterocycles. The number of rotatable bonds is 8. The molecular weight excluding hydrogens is 264 g/mol. The van der Waals surface area contributed by atoms with Crippen molar-refractivity contribution in [2.45, 2.75) is 73.8 Å². The van der Waals surface area contributed by atoms with Crippen molar-refractivity contribution in [2.75, 3.05) is 6.61 Å². The molecule has 3 nitrogen and oxygen atoms in total. The second-order valence-electron chi connectivity index (χ2n) is 7.99. The minimum absolute atomic E-state index is 0.167. The van der Waals surface area contributed by atoms with E-state index in [1.165, 1.54) is 5.57 Å². The molecule has 3 heteroatoms. The molecule has 0 aliphatic carbocycles. The average Bonchev–Trinajstić information content (AvgIpc) is 2.25. The maximum absolute atomic E-state index is 12.1. The molecule has 0 atom stereocenters. The zero-order valence-electron chi connectivity index (χ0n) is 15.1. The van der Waals surface area contributed by atoms with Crippen molar-refractivity contribution in [1.29, 1.82) is 0 Å². The highest BCUT2D eigenvalue weighted by Crippen LogP contribution is 2.36. The van der Waals surface area contributed by atoms with Crippen LogP contribution in [0.2, 0.25) is 0 Å². The molecule has 124 valence electrons. The van der Waals surface area contributed by atoms with Crippen molar-refractivity contribution < 1.29 is 14.6 Å². The first-order chi connectivity index (χ1) is 9.39.